The number of aromatic amines is 2. The zero-order valence-corrected chi connectivity index (χ0v) is 55.5. The molecule has 0 unspecified atom stereocenters. The third-order valence-electron chi connectivity index (χ3n) is 16.7. The number of primary amides is 1. The second kappa shape index (κ2) is 32.4. The molecule has 2 aliphatic rings. The summed E-state index contributed by atoms with van der Waals surface area (Å²) in [6.45, 7) is 8.36. The largest absolute Gasteiger partial charge is 0.465 e. The first-order chi connectivity index (χ1) is 45.5. The van der Waals surface area contributed by atoms with E-state index >= 15 is 0 Å². The van der Waals surface area contributed by atoms with E-state index in [0.29, 0.717) is 80.2 Å². The Hall–Kier alpha value is -9.73. The Kier molecular flexibility index (Phi) is 23.7. The third-order valence-corrected chi connectivity index (χ3v) is 18.6. The van der Waals surface area contributed by atoms with Gasteiger partial charge in [0.05, 0.1) is 4.90 Å². The average Bonchev–Trinajstić information content (AvgIpc) is 1.92. The lowest BCUT2D eigenvalue weighted by Gasteiger charge is -2.36. The van der Waals surface area contributed by atoms with Gasteiger partial charge in [-0.1, -0.05) is 88.7 Å². The standard InChI is InChI=1S/C39H42N8O6S.C29H36BrN7O4/c1-25-10-19-33(54(52,53)41-24-26-6-3-2-4-7-26)22-34(25)31-9-5-8-28(20-31)21-35(43-37(48)30-13-11-27(12-14-30)23-40-39(50)51)38(49)42-32-17-15-29(16-18-32)36-44-46-47-45-36;1-29(2,3)41-28(40)32-17-18-7-9-21(10-8-18)27(39)37(23-13-11-20(12-14-23)26-33-35-36-34-26)24(25(31)38)16-19-5-4-6-22(30)15-19/h2-10,15-20,22,27,30,35,40-41H,11-14,21,23-24H2,1H3,(H,42,49)(H,43,48)(H,50,51)(H,44,45,46,47);4-6,11-15,18,21,24H,7-10,16-17H2,1-3H3,(H2,31,38)(H,32,40)(H,33,34,35,36)/t27?,30?,35-;18?,21?,24-/m00/s1. The summed E-state index contributed by atoms with van der Waals surface area (Å²) >= 11 is 3.48. The summed E-state index contributed by atoms with van der Waals surface area (Å²) in [7, 11) is -3.82. The number of carbonyl (C=O) groups excluding carboxylic acids is 5. The molecule has 2 saturated carbocycles. The van der Waals surface area contributed by atoms with Crippen molar-refractivity contribution in [3.8, 4) is 33.9 Å². The summed E-state index contributed by atoms with van der Waals surface area (Å²) in [6, 6.07) is 41.6. The van der Waals surface area contributed by atoms with Gasteiger partial charge in [-0.3, -0.25) is 24.1 Å². The van der Waals surface area contributed by atoms with Gasteiger partial charge < -0.3 is 36.8 Å². The minimum atomic E-state index is -3.82. The molecule has 6 amide bonds. The molecule has 25 nitrogen and oxygen atoms in total. The van der Waals surface area contributed by atoms with Crippen LogP contribution in [-0.4, -0.2) is 121 Å². The number of tetrazole rings is 2. The van der Waals surface area contributed by atoms with Gasteiger partial charge >= 0.3 is 12.2 Å². The molecule has 498 valence electrons. The molecule has 0 radical (unpaired) electrons. The molecule has 0 saturated heterocycles. The molecule has 2 aliphatic carbocycles. The minimum absolute atomic E-state index is 0.132. The van der Waals surface area contributed by atoms with E-state index in [1.54, 1.807) is 71.6 Å². The van der Waals surface area contributed by atoms with Gasteiger partial charge in [-0.2, -0.15) is 10.4 Å². The summed E-state index contributed by atoms with van der Waals surface area (Å²) in [5, 5.41) is 48.2. The van der Waals surface area contributed by atoms with Crippen LogP contribution >= 0.6 is 15.9 Å². The predicted octanol–water partition coefficient (Wildman–Crippen LogP) is 9.45. The van der Waals surface area contributed by atoms with Gasteiger partial charge in [0.2, 0.25) is 45.3 Å². The molecule has 0 bridgehead atoms. The van der Waals surface area contributed by atoms with Crippen LogP contribution in [0.1, 0.15) is 94.4 Å². The monoisotopic (exact) mass is 1380 g/mol. The number of ether oxygens (including phenoxy) is 1. The van der Waals surface area contributed by atoms with Crippen molar-refractivity contribution >= 4 is 73.1 Å². The Labute approximate surface area is 559 Å². The number of anilines is 2. The molecule has 10 rings (SSSR count). The second-order valence-corrected chi connectivity index (χ2v) is 27.5. The lowest BCUT2D eigenvalue weighted by atomic mass is 9.81. The molecule has 2 heterocycles. The van der Waals surface area contributed by atoms with Crippen molar-refractivity contribution in [2.75, 3.05) is 23.3 Å². The van der Waals surface area contributed by atoms with Crippen LogP contribution in [0.25, 0.3) is 33.9 Å². The maximum Gasteiger partial charge on any atom is 0.407 e. The molecular weight excluding hydrogens is 1300 g/mol. The average molecular weight is 1380 g/mol. The number of aryl methyl sites for hydroxylation is 1. The molecular formula is C68H78BrN15O10S. The molecule has 2 fully saturated rings. The van der Waals surface area contributed by atoms with Crippen LogP contribution in [0.4, 0.5) is 21.0 Å². The molecule has 10 N–H and O–H groups in total. The van der Waals surface area contributed by atoms with Crippen LogP contribution in [0.3, 0.4) is 0 Å². The Balaban J connectivity index is 0.000000232. The van der Waals surface area contributed by atoms with Crippen LogP contribution in [0, 0.1) is 30.6 Å². The van der Waals surface area contributed by atoms with Crippen molar-refractivity contribution < 1.29 is 47.0 Å². The highest BCUT2D eigenvalue weighted by Crippen LogP contribution is 2.35. The van der Waals surface area contributed by atoms with Crippen molar-refractivity contribution in [2.45, 2.75) is 121 Å². The lowest BCUT2D eigenvalue weighted by Crippen LogP contribution is -2.52. The Morgan fingerprint density at radius 1 is 0.674 bits per heavy atom. The van der Waals surface area contributed by atoms with Crippen molar-refractivity contribution in [2.24, 2.45) is 29.4 Å². The lowest BCUT2D eigenvalue weighted by molar-refractivity contribution is -0.130. The number of sulfonamides is 1. The number of nitrogens with two attached hydrogens (primary N) is 1. The Morgan fingerprint density at radius 3 is 1.83 bits per heavy atom. The van der Waals surface area contributed by atoms with E-state index in [9.17, 15) is 37.2 Å². The Bertz CT molecular complexity index is 4010. The summed E-state index contributed by atoms with van der Waals surface area (Å²) in [5.74, 6) is -0.748. The van der Waals surface area contributed by atoms with E-state index in [1.807, 2.05) is 107 Å². The zero-order valence-electron chi connectivity index (χ0n) is 53.1. The van der Waals surface area contributed by atoms with Crippen molar-refractivity contribution in [1.82, 2.24) is 61.9 Å². The number of rotatable bonds is 23. The fourth-order valence-corrected chi connectivity index (χ4v) is 13.2. The van der Waals surface area contributed by atoms with Crippen molar-refractivity contribution in [1.29, 1.82) is 0 Å². The Morgan fingerprint density at radius 2 is 1.25 bits per heavy atom. The number of benzene rings is 6. The highest BCUT2D eigenvalue weighted by Gasteiger charge is 2.37. The van der Waals surface area contributed by atoms with Crippen LogP contribution < -0.4 is 36.6 Å². The molecule has 8 aromatic rings. The fraction of sp³-hybridized carbons (Fsp3) is 0.353. The predicted molar refractivity (Wildman–Crippen MR) is 360 cm³/mol. The van der Waals surface area contributed by atoms with E-state index in [0.717, 1.165) is 56.3 Å². The van der Waals surface area contributed by atoms with Gasteiger partial charge in [0.15, 0.2) is 0 Å². The van der Waals surface area contributed by atoms with Gasteiger partial charge in [-0.25, -0.2) is 22.7 Å². The van der Waals surface area contributed by atoms with E-state index < -0.39 is 51.7 Å². The van der Waals surface area contributed by atoms with Crippen molar-refractivity contribution in [3.05, 3.63) is 172 Å². The van der Waals surface area contributed by atoms with Gasteiger partial charge in [0.1, 0.15) is 17.7 Å². The number of alkyl carbamates (subject to hydrolysis) is 1. The number of H-pyrrole nitrogens is 2. The number of halogens is 1. The highest BCUT2D eigenvalue weighted by molar-refractivity contribution is 9.10. The summed E-state index contributed by atoms with van der Waals surface area (Å²) < 4.78 is 35.5. The second-order valence-electron chi connectivity index (χ2n) is 24.8. The molecule has 0 spiro atoms. The van der Waals surface area contributed by atoms with E-state index in [1.165, 1.54) is 0 Å². The van der Waals surface area contributed by atoms with Gasteiger partial charge in [-0.15, -0.1) is 20.4 Å². The van der Waals surface area contributed by atoms with E-state index in [4.69, 9.17) is 15.6 Å². The van der Waals surface area contributed by atoms with Gasteiger partial charge in [0.25, 0.3) is 0 Å². The number of nitrogens with zero attached hydrogens (tertiary/aromatic N) is 7. The summed E-state index contributed by atoms with van der Waals surface area (Å²) in [6.07, 6.45) is 4.29. The number of hydrogen-bond acceptors (Lipinski definition) is 15. The molecule has 2 aromatic heterocycles. The van der Waals surface area contributed by atoms with Crippen LogP contribution in [0.5, 0.6) is 0 Å². The third kappa shape index (κ3) is 20.1. The molecule has 6 aromatic carbocycles. The maximum atomic E-state index is 14.1. The number of aromatic nitrogens is 8. The molecule has 95 heavy (non-hydrogen) atoms. The van der Waals surface area contributed by atoms with E-state index in [2.05, 4.69) is 83.2 Å². The summed E-state index contributed by atoms with van der Waals surface area (Å²) in [5.41, 5.74) is 12.7. The SMILES string of the molecule is CC(C)(C)OC(=O)NCC1CCC(C(=O)N(c2ccc(-c3nn[nH]n3)cc2)[C@@H](Cc2cccc(Br)c2)C(N)=O)CC1.Cc1ccc(S(=O)(=O)NCc2ccccc2)cc1-c1cccc(C[C@H](NC(=O)C2CCC(CNC(=O)O)CC2)C(=O)Nc2ccc(-c3nn[nH]n3)cc2)c1. The number of hydrogen-bond donors (Lipinski definition) is 9. The van der Waals surface area contributed by atoms with Crippen molar-refractivity contribution in [3.63, 3.8) is 0 Å². The smallest absolute Gasteiger partial charge is 0.407 e. The highest BCUT2D eigenvalue weighted by atomic mass is 79.9. The van der Waals surface area contributed by atoms with Crippen LogP contribution in [0.15, 0.2) is 155 Å². The topological polar surface area (TPSA) is 364 Å². The molecule has 0 aliphatic heterocycles. The van der Waals surface area contributed by atoms with Gasteiger partial charge in [0, 0.05) is 71.3 Å². The van der Waals surface area contributed by atoms with E-state index in [-0.39, 0.29) is 59.8 Å². The fourth-order valence-electron chi connectivity index (χ4n) is 11.7. The summed E-state index contributed by atoms with van der Waals surface area (Å²) in [4.78, 5) is 79.2. The first-order valence-electron chi connectivity index (χ1n) is 31.4. The zero-order chi connectivity index (χ0) is 67.7. The maximum absolute atomic E-state index is 14.1. The number of carbonyl (C=O) groups is 6. The first kappa shape index (κ1) is 69.6. The number of nitrogens with one attached hydrogen (secondary N) is 7. The van der Waals surface area contributed by atoms with Crippen LogP contribution in [0.2, 0.25) is 0 Å². The number of amides is 6. The van der Waals surface area contributed by atoms with Gasteiger partial charge in [-0.05, 0) is 208 Å². The quantitative estimate of drug-likeness (QED) is 0.0288. The number of carboxylic acid groups (broad SMARTS) is 1. The van der Waals surface area contributed by atoms with Crippen LogP contribution in [-0.2, 0) is 53.3 Å². The normalized spacial score (nSPS) is 16.9. The minimum Gasteiger partial charge on any atom is -0.465 e. The molecule has 2 atom stereocenters. The first-order valence-corrected chi connectivity index (χ1v) is 33.6. The molecule has 27 heteroatoms.